The monoisotopic (exact) mass is 265 g/mol. The fraction of sp³-hybridized carbons (Fsp3) is 0.300. The maximum absolute atomic E-state index is 10.3. The first-order valence-electron chi connectivity index (χ1n) is 4.42. The van der Waals surface area contributed by atoms with Crippen LogP contribution in [-0.2, 0) is 4.79 Å². The standard InChI is InChI=1S/C10H12ClNO3.ClH/c1-15-9-3-2-7(11)6-8(9)12-5-4-10(13)14;/h2-3,6,12H,4-5H2,1H3,(H,13,14);1H. The molecule has 0 heterocycles. The van der Waals surface area contributed by atoms with Gasteiger partial charge in [0.05, 0.1) is 19.2 Å². The van der Waals surface area contributed by atoms with Gasteiger partial charge in [0.1, 0.15) is 5.75 Å². The summed E-state index contributed by atoms with van der Waals surface area (Å²) in [6, 6.07) is 5.14. The third kappa shape index (κ3) is 4.59. The summed E-state index contributed by atoms with van der Waals surface area (Å²) >= 11 is 5.80. The van der Waals surface area contributed by atoms with Crippen molar-refractivity contribution in [2.45, 2.75) is 6.42 Å². The number of carboxylic acids is 1. The van der Waals surface area contributed by atoms with Gasteiger partial charge in [-0.1, -0.05) is 11.6 Å². The molecular weight excluding hydrogens is 253 g/mol. The van der Waals surface area contributed by atoms with Crippen molar-refractivity contribution in [2.24, 2.45) is 0 Å². The molecule has 1 aromatic rings. The molecule has 0 spiro atoms. The summed E-state index contributed by atoms with van der Waals surface area (Å²) < 4.78 is 5.09. The number of rotatable bonds is 5. The number of benzene rings is 1. The Morgan fingerprint density at radius 2 is 2.25 bits per heavy atom. The third-order valence-electron chi connectivity index (χ3n) is 1.82. The van der Waals surface area contributed by atoms with Crippen LogP contribution in [0.1, 0.15) is 6.42 Å². The number of methoxy groups -OCH3 is 1. The van der Waals surface area contributed by atoms with Crippen LogP contribution in [0.3, 0.4) is 0 Å². The van der Waals surface area contributed by atoms with Gasteiger partial charge < -0.3 is 15.2 Å². The van der Waals surface area contributed by atoms with Crippen LogP contribution in [0.5, 0.6) is 5.75 Å². The topological polar surface area (TPSA) is 58.6 Å². The molecule has 0 aromatic heterocycles. The Labute approximate surface area is 105 Å². The maximum atomic E-state index is 10.3. The first-order chi connectivity index (χ1) is 7.13. The fourth-order valence-electron chi connectivity index (χ4n) is 1.12. The van der Waals surface area contributed by atoms with Gasteiger partial charge in [-0.15, -0.1) is 12.4 Å². The summed E-state index contributed by atoms with van der Waals surface area (Å²) in [7, 11) is 1.55. The van der Waals surface area contributed by atoms with Crippen molar-refractivity contribution in [3.8, 4) is 5.75 Å². The second kappa shape index (κ2) is 7.19. The summed E-state index contributed by atoms with van der Waals surface area (Å²) in [5.41, 5.74) is 0.700. The van der Waals surface area contributed by atoms with Gasteiger partial charge in [0.2, 0.25) is 0 Å². The lowest BCUT2D eigenvalue weighted by atomic mass is 10.3. The number of nitrogens with one attached hydrogen (secondary N) is 1. The molecule has 0 saturated heterocycles. The van der Waals surface area contributed by atoms with E-state index in [1.54, 1.807) is 25.3 Å². The van der Waals surface area contributed by atoms with Crippen LogP contribution in [-0.4, -0.2) is 24.7 Å². The molecule has 1 rings (SSSR count). The smallest absolute Gasteiger partial charge is 0.305 e. The van der Waals surface area contributed by atoms with Gasteiger partial charge in [0.15, 0.2) is 0 Å². The van der Waals surface area contributed by atoms with Crippen LogP contribution in [0.4, 0.5) is 5.69 Å². The molecule has 0 aliphatic rings. The average molecular weight is 266 g/mol. The normalized spacial score (nSPS) is 9.12. The van der Waals surface area contributed by atoms with Crippen molar-refractivity contribution in [3.05, 3.63) is 23.2 Å². The predicted octanol–water partition coefficient (Wildman–Crippen LogP) is 2.66. The average Bonchev–Trinajstić information content (AvgIpc) is 2.17. The van der Waals surface area contributed by atoms with Gasteiger partial charge in [0, 0.05) is 11.6 Å². The van der Waals surface area contributed by atoms with E-state index in [1.165, 1.54) is 0 Å². The van der Waals surface area contributed by atoms with Crippen LogP contribution in [0.2, 0.25) is 5.02 Å². The van der Waals surface area contributed by atoms with E-state index in [2.05, 4.69) is 5.32 Å². The van der Waals surface area contributed by atoms with Crippen LogP contribution in [0.25, 0.3) is 0 Å². The largest absolute Gasteiger partial charge is 0.495 e. The minimum absolute atomic E-state index is 0. The Morgan fingerprint density at radius 1 is 1.56 bits per heavy atom. The van der Waals surface area contributed by atoms with Crippen molar-refractivity contribution in [3.63, 3.8) is 0 Å². The van der Waals surface area contributed by atoms with E-state index in [9.17, 15) is 4.79 Å². The van der Waals surface area contributed by atoms with Gasteiger partial charge in [-0.2, -0.15) is 0 Å². The lowest BCUT2D eigenvalue weighted by Gasteiger charge is -2.10. The van der Waals surface area contributed by atoms with Gasteiger partial charge in [-0.3, -0.25) is 4.79 Å². The van der Waals surface area contributed by atoms with Gasteiger partial charge >= 0.3 is 5.97 Å². The number of aliphatic carboxylic acids is 1. The quantitative estimate of drug-likeness (QED) is 0.860. The van der Waals surface area contributed by atoms with Crippen molar-refractivity contribution in [1.29, 1.82) is 0 Å². The Bertz CT molecular complexity index is 358. The lowest BCUT2D eigenvalue weighted by molar-refractivity contribution is -0.136. The molecule has 0 fully saturated rings. The molecule has 16 heavy (non-hydrogen) atoms. The highest BCUT2D eigenvalue weighted by molar-refractivity contribution is 6.30. The Kier molecular flexibility index (Phi) is 6.69. The van der Waals surface area contributed by atoms with E-state index >= 15 is 0 Å². The Balaban J connectivity index is 0.00000225. The number of anilines is 1. The molecule has 2 N–H and O–H groups in total. The van der Waals surface area contributed by atoms with Crippen molar-refractivity contribution in [2.75, 3.05) is 19.0 Å². The minimum Gasteiger partial charge on any atom is -0.495 e. The van der Waals surface area contributed by atoms with E-state index in [0.717, 1.165) is 0 Å². The second-order valence-corrected chi connectivity index (χ2v) is 3.35. The summed E-state index contributed by atoms with van der Waals surface area (Å²) in [5, 5.41) is 12.0. The molecular formula is C10H13Cl2NO3. The van der Waals surface area contributed by atoms with Gasteiger partial charge in [-0.25, -0.2) is 0 Å². The number of hydrogen-bond acceptors (Lipinski definition) is 3. The van der Waals surface area contributed by atoms with E-state index in [4.69, 9.17) is 21.4 Å². The summed E-state index contributed by atoms with van der Waals surface area (Å²) in [4.78, 5) is 10.3. The second-order valence-electron chi connectivity index (χ2n) is 2.92. The number of halogens is 2. The molecule has 0 aliphatic carbocycles. The molecule has 4 nitrogen and oxygen atoms in total. The molecule has 0 atom stereocenters. The number of carbonyl (C=O) groups is 1. The summed E-state index contributed by atoms with van der Waals surface area (Å²) in [6.45, 7) is 0.339. The minimum atomic E-state index is -0.844. The number of carboxylic acid groups (broad SMARTS) is 1. The van der Waals surface area contributed by atoms with Crippen molar-refractivity contribution < 1.29 is 14.6 Å². The highest BCUT2D eigenvalue weighted by atomic mass is 35.5. The zero-order valence-corrected chi connectivity index (χ0v) is 10.3. The summed E-state index contributed by atoms with van der Waals surface area (Å²) in [6.07, 6.45) is 0.0513. The van der Waals surface area contributed by atoms with Crippen LogP contribution >= 0.6 is 24.0 Å². The van der Waals surface area contributed by atoms with E-state index in [-0.39, 0.29) is 18.8 Å². The lowest BCUT2D eigenvalue weighted by Crippen LogP contribution is -2.08. The number of ether oxygens (including phenoxy) is 1. The maximum Gasteiger partial charge on any atom is 0.305 e. The highest BCUT2D eigenvalue weighted by Gasteiger charge is 2.03. The molecule has 6 heteroatoms. The zero-order chi connectivity index (χ0) is 11.3. The zero-order valence-electron chi connectivity index (χ0n) is 8.70. The van der Waals surface area contributed by atoms with Gasteiger partial charge in [0.25, 0.3) is 0 Å². The Hall–Kier alpha value is -1.13. The first kappa shape index (κ1) is 14.9. The van der Waals surface area contributed by atoms with E-state index < -0.39 is 5.97 Å². The van der Waals surface area contributed by atoms with Crippen LogP contribution < -0.4 is 10.1 Å². The molecule has 0 radical (unpaired) electrons. The van der Waals surface area contributed by atoms with Crippen LogP contribution in [0, 0.1) is 0 Å². The van der Waals surface area contributed by atoms with Crippen molar-refractivity contribution >= 4 is 35.7 Å². The summed E-state index contributed by atoms with van der Waals surface area (Å²) in [5.74, 6) is -0.201. The number of hydrogen-bond donors (Lipinski definition) is 2. The first-order valence-corrected chi connectivity index (χ1v) is 4.80. The molecule has 90 valence electrons. The SMILES string of the molecule is COc1ccc(Cl)cc1NCCC(=O)O.Cl. The van der Waals surface area contributed by atoms with Gasteiger partial charge in [-0.05, 0) is 18.2 Å². The molecule has 0 amide bonds. The molecule has 0 aliphatic heterocycles. The third-order valence-corrected chi connectivity index (χ3v) is 2.05. The van der Waals surface area contributed by atoms with E-state index in [1.807, 2.05) is 0 Å². The molecule has 0 bridgehead atoms. The molecule has 1 aromatic carbocycles. The molecule has 0 unspecified atom stereocenters. The predicted molar refractivity (Wildman–Crippen MR) is 66.0 cm³/mol. The fourth-order valence-corrected chi connectivity index (χ4v) is 1.29. The highest BCUT2D eigenvalue weighted by Crippen LogP contribution is 2.27. The van der Waals surface area contributed by atoms with Crippen LogP contribution in [0.15, 0.2) is 18.2 Å². The Morgan fingerprint density at radius 3 is 2.81 bits per heavy atom. The molecule has 0 saturated carbocycles. The van der Waals surface area contributed by atoms with Crippen molar-refractivity contribution in [1.82, 2.24) is 0 Å². The van der Waals surface area contributed by atoms with E-state index in [0.29, 0.717) is 23.0 Å².